The van der Waals surface area contributed by atoms with Crippen molar-refractivity contribution in [1.82, 2.24) is 14.7 Å². The number of nitrogens with zero attached hydrogens (tertiary/aromatic N) is 3. The minimum absolute atomic E-state index is 0.0602. The first-order valence-electron chi connectivity index (χ1n) is 9.22. The lowest BCUT2D eigenvalue weighted by molar-refractivity contribution is -0.133. The first kappa shape index (κ1) is 16.3. The lowest BCUT2D eigenvalue weighted by atomic mass is 9.99. The Morgan fingerprint density at radius 2 is 2.00 bits per heavy atom. The van der Waals surface area contributed by atoms with Crippen LogP contribution in [0.1, 0.15) is 41.4 Å². The maximum atomic E-state index is 12.8. The Hall–Kier alpha value is -2.14. The molecule has 132 valence electrons. The highest BCUT2D eigenvalue weighted by Gasteiger charge is 2.29. The number of carbonyl (C=O) groups is 1. The van der Waals surface area contributed by atoms with E-state index < -0.39 is 0 Å². The van der Waals surface area contributed by atoms with Crippen LogP contribution in [0.2, 0.25) is 0 Å². The van der Waals surface area contributed by atoms with Gasteiger partial charge in [0.1, 0.15) is 0 Å². The number of aliphatic hydroxyl groups excluding tert-OH is 1. The summed E-state index contributed by atoms with van der Waals surface area (Å²) in [4.78, 5) is 14.8. The Labute approximate surface area is 148 Å². The number of hydrogen-bond acceptors (Lipinski definition) is 3. The van der Waals surface area contributed by atoms with Gasteiger partial charge in [0.25, 0.3) is 0 Å². The third-order valence-corrected chi connectivity index (χ3v) is 5.62. The summed E-state index contributed by atoms with van der Waals surface area (Å²) >= 11 is 0. The van der Waals surface area contributed by atoms with E-state index in [0.29, 0.717) is 18.9 Å². The SMILES string of the molecule is CCn1nc(CO)c2c1CCN(C(=O)CC1Cc3ccccc3C1)C2. The zero-order valence-electron chi connectivity index (χ0n) is 14.7. The Balaban J connectivity index is 1.44. The summed E-state index contributed by atoms with van der Waals surface area (Å²) in [5, 5.41) is 14.1. The smallest absolute Gasteiger partial charge is 0.223 e. The number of aromatic nitrogens is 2. The van der Waals surface area contributed by atoms with Crippen molar-refractivity contribution in [2.24, 2.45) is 5.92 Å². The molecule has 0 saturated heterocycles. The number of aryl methyl sites for hydroxylation is 1. The lowest BCUT2D eigenvalue weighted by Crippen LogP contribution is -2.37. The van der Waals surface area contributed by atoms with Crippen LogP contribution >= 0.6 is 0 Å². The maximum absolute atomic E-state index is 12.8. The summed E-state index contributed by atoms with van der Waals surface area (Å²) in [6.45, 7) is 4.14. The Bertz CT molecular complexity index is 771. The fourth-order valence-corrected chi connectivity index (χ4v) is 4.33. The van der Waals surface area contributed by atoms with Gasteiger partial charge in [0.2, 0.25) is 5.91 Å². The van der Waals surface area contributed by atoms with E-state index in [1.54, 1.807) is 0 Å². The summed E-state index contributed by atoms with van der Waals surface area (Å²) in [7, 11) is 0. The maximum Gasteiger partial charge on any atom is 0.223 e. The van der Waals surface area contributed by atoms with Crippen LogP contribution in [0.15, 0.2) is 24.3 Å². The van der Waals surface area contributed by atoms with E-state index in [9.17, 15) is 9.90 Å². The van der Waals surface area contributed by atoms with Gasteiger partial charge in [-0.1, -0.05) is 24.3 Å². The van der Waals surface area contributed by atoms with Crippen molar-refractivity contribution >= 4 is 5.91 Å². The number of benzene rings is 1. The molecule has 1 aromatic carbocycles. The molecule has 1 amide bonds. The van der Waals surface area contributed by atoms with Gasteiger partial charge in [-0.2, -0.15) is 5.10 Å². The van der Waals surface area contributed by atoms with Crippen LogP contribution in [0.3, 0.4) is 0 Å². The van der Waals surface area contributed by atoms with Crippen molar-refractivity contribution in [1.29, 1.82) is 0 Å². The fraction of sp³-hybridized carbons (Fsp3) is 0.500. The molecule has 0 saturated carbocycles. The van der Waals surface area contributed by atoms with E-state index in [0.717, 1.165) is 43.6 Å². The molecule has 1 aliphatic carbocycles. The number of carbonyl (C=O) groups excluding carboxylic acids is 1. The second kappa shape index (κ2) is 6.64. The summed E-state index contributed by atoms with van der Waals surface area (Å²) in [6, 6.07) is 8.52. The molecule has 5 nitrogen and oxygen atoms in total. The minimum Gasteiger partial charge on any atom is -0.390 e. The highest BCUT2D eigenvalue weighted by molar-refractivity contribution is 5.77. The van der Waals surface area contributed by atoms with Crippen LogP contribution in [0.4, 0.5) is 0 Å². The fourth-order valence-electron chi connectivity index (χ4n) is 4.33. The molecule has 1 N–H and O–H groups in total. The van der Waals surface area contributed by atoms with E-state index >= 15 is 0 Å². The van der Waals surface area contributed by atoms with E-state index in [1.807, 2.05) is 9.58 Å². The van der Waals surface area contributed by atoms with Gasteiger partial charge in [-0.15, -0.1) is 0 Å². The third-order valence-electron chi connectivity index (χ3n) is 5.62. The molecule has 25 heavy (non-hydrogen) atoms. The molecule has 2 heterocycles. The van der Waals surface area contributed by atoms with Gasteiger partial charge < -0.3 is 10.0 Å². The second-order valence-corrected chi connectivity index (χ2v) is 7.16. The number of hydrogen-bond donors (Lipinski definition) is 1. The standard InChI is InChI=1S/C20H25N3O2/c1-2-23-19-7-8-22(12-17(19)18(13-24)21-23)20(25)11-14-9-15-5-3-4-6-16(15)10-14/h3-6,14,24H,2,7-13H2,1H3. The molecule has 4 rings (SSSR count). The molecule has 0 atom stereocenters. The number of rotatable bonds is 4. The largest absolute Gasteiger partial charge is 0.390 e. The van der Waals surface area contributed by atoms with E-state index in [4.69, 9.17) is 0 Å². The molecule has 0 radical (unpaired) electrons. The molecule has 0 fully saturated rings. The van der Waals surface area contributed by atoms with Gasteiger partial charge >= 0.3 is 0 Å². The average molecular weight is 339 g/mol. The molecule has 1 aliphatic heterocycles. The third kappa shape index (κ3) is 2.97. The Morgan fingerprint density at radius 3 is 2.64 bits per heavy atom. The normalized spacial score (nSPS) is 16.8. The van der Waals surface area contributed by atoms with Crippen LogP contribution in [0, 0.1) is 5.92 Å². The first-order chi connectivity index (χ1) is 12.2. The van der Waals surface area contributed by atoms with Gasteiger partial charge in [-0.3, -0.25) is 9.48 Å². The summed E-state index contributed by atoms with van der Waals surface area (Å²) in [6.07, 6.45) is 3.46. The van der Waals surface area contributed by atoms with Crippen molar-refractivity contribution in [3.63, 3.8) is 0 Å². The Morgan fingerprint density at radius 1 is 1.28 bits per heavy atom. The average Bonchev–Trinajstić information content (AvgIpc) is 3.21. The van der Waals surface area contributed by atoms with E-state index in [-0.39, 0.29) is 12.5 Å². The number of fused-ring (bicyclic) bond motifs is 2. The van der Waals surface area contributed by atoms with E-state index in [1.165, 1.54) is 16.8 Å². The van der Waals surface area contributed by atoms with Crippen molar-refractivity contribution in [2.75, 3.05) is 6.54 Å². The highest BCUT2D eigenvalue weighted by Crippen LogP contribution is 2.30. The van der Waals surface area contributed by atoms with Crippen molar-refractivity contribution in [2.45, 2.75) is 52.3 Å². The summed E-state index contributed by atoms with van der Waals surface area (Å²) < 4.78 is 1.97. The molecular weight excluding hydrogens is 314 g/mol. The first-order valence-corrected chi connectivity index (χ1v) is 9.22. The molecule has 0 spiro atoms. The van der Waals surface area contributed by atoms with Crippen molar-refractivity contribution in [3.8, 4) is 0 Å². The number of amides is 1. The van der Waals surface area contributed by atoms with Gasteiger partial charge in [-0.05, 0) is 36.8 Å². The Kier molecular flexibility index (Phi) is 4.34. The highest BCUT2D eigenvalue weighted by atomic mass is 16.3. The lowest BCUT2D eigenvalue weighted by Gasteiger charge is -2.29. The molecule has 0 bridgehead atoms. The van der Waals surface area contributed by atoms with Crippen molar-refractivity contribution in [3.05, 3.63) is 52.3 Å². The predicted molar refractivity (Wildman–Crippen MR) is 94.9 cm³/mol. The molecule has 1 aromatic heterocycles. The molecule has 2 aliphatic rings. The van der Waals surface area contributed by atoms with Gasteiger partial charge in [0, 0.05) is 43.7 Å². The predicted octanol–water partition coefficient (Wildman–Crippen LogP) is 2.09. The van der Waals surface area contributed by atoms with Gasteiger partial charge in [-0.25, -0.2) is 0 Å². The molecule has 5 heteroatoms. The summed E-state index contributed by atoms with van der Waals surface area (Å²) in [5.41, 5.74) is 5.76. The van der Waals surface area contributed by atoms with Crippen LogP contribution < -0.4 is 0 Å². The van der Waals surface area contributed by atoms with Crippen LogP contribution in [0.25, 0.3) is 0 Å². The molecular formula is C20H25N3O2. The van der Waals surface area contributed by atoms with Crippen LogP contribution in [0.5, 0.6) is 0 Å². The van der Waals surface area contributed by atoms with Gasteiger partial charge in [0.15, 0.2) is 0 Å². The van der Waals surface area contributed by atoms with Crippen molar-refractivity contribution < 1.29 is 9.90 Å². The monoisotopic (exact) mass is 339 g/mol. The minimum atomic E-state index is -0.0602. The quantitative estimate of drug-likeness (QED) is 0.928. The zero-order chi connectivity index (χ0) is 17.4. The van der Waals surface area contributed by atoms with Crippen LogP contribution in [-0.2, 0) is 43.8 Å². The van der Waals surface area contributed by atoms with Crippen LogP contribution in [-0.4, -0.2) is 32.2 Å². The zero-order valence-corrected chi connectivity index (χ0v) is 14.7. The molecule has 2 aromatic rings. The van der Waals surface area contributed by atoms with E-state index in [2.05, 4.69) is 36.3 Å². The van der Waals surface area contributed by atoms with Gasteiger partial charge in [0.05, 0.1) is 12.3 Å². The number of aliphatic hydroxyl groups is 1. The molecule has 0 unspecified atom stereocenters. The topological polar surface area (TPSA) is 58.4 Å². The summed E-state index contributed by atoms with van der Waals surface area (Å²) in [5.74, 6) is 0.651. The second-order valence-electron chi connectivity index (χ2n) is 7.16.